The number of aromatic amines is 1. The van der Waals surface area contributed by atoms with Gasteiger partial charge in [-0.05, 0) is 24.6 Å². The predicted molar refractivity (Wildman–Crippen MR) is 73.4 cm³/mol. The van der Waals surface area contributed by atoms with Crippen LogP contribution in [-0.2, 0) is 13.1 Å². The molecule has 3 heterocycles. The molecule has 0 saturated heterocycles. The Bertz CT molecular complexity index is 672. The first-order valence-electron chi connectivity index (χ1n) is 6.22. The standard InChI is InChI=1S/C14H15N5/c1-10-5-18-12(9-17-10)8-15-6-11-7-19-14-13(11)3-2-4-16-14/h2-5,7,9,15H,6,8H2,1H3,(H,16,19). The number of nitrogens with one attached hydrogen (secondary N) is 2. The number of hydrogen-bond donors (Lipinski definition) is 2. The Kier molecular flexibility index (Phi) is 3.20. The average Bonchev–Trinajstić information content (AvgIpc) is 2.85. The van der Waals surface area contributed by atoms with E-state index in [9.17, 15) is 0 Å². The summed E-state index contributed by atoms with van der Waals surface area (Å²) in [6, 6.07) is 4.02. The van der Waals surface area contributed by atoms with E-state index in [2.05, 4.69) is 31.3 Å². The maximum absolute atomic E-state index is 4.31. The molecule has 0 unspecified atom stereocenters. The number of aryl methyl sites for hydroxylation is 1. The van der Waals surface area contributed by atoms with Crippen molar-refractivity contribution in [1.29, 1.82) is 0 Å². The number of nitrogens with zero attached hydrogens (tertiary/aromatic N) is 3. The van der Waals surface area contributed by atoms with Crippen molar-refractivity contribution in [1.82, 2.24) is 25.3 Å². The first-order chi connectivity index (χ1) is 9.33. The van der Waals surface area contributed by atoms with Crippen LogP contribution in [0.5, 0.6) is 0 Å². The number of H-pyrrole nitrogens is 1. The Morgan fingerprint density at radius 1 is 1.16 bits per heavy atom. The molecule has 0 atom stereocenters. The van der Waals surface area contributed by atoms with Gasteiger partial charge in [0.2, 0.25) is 0 Å². The number of pyridine rings is 1. The lowest BCUT2D eigenvalue weighted by molar-refractivity contribution is 0.678. The summed E-state index contributed by atoms with van der Waals surface area (Å²) in [5.41, 5.74) is 4.02. The van der Waals surface area contributed by atoms with Gasteiger partial charge in [0.15, 0.2) is 0 Å². The minimum Gasteiger partial charge on any atom is -0.346 e. The molecular weight excluding hydrogens is 238 g/mol. The molecule has 2 N–H and O–H groups in total. The van der Waals surface area contributed by atoms with Gasteiger partial charge in [0, 0.05) is 43.3 Å². The second kappa shape index (κ2) is 5.16. The Morgan fingerprint density at radius 3 is 2.95 bits per heavy atom. The number of aromatic nitrogens is 4. The largest absolute Gasteiger partial charge is 0.346 e. The van der Waals surface area contributed by atoms with Gasteiger partial charge in [-0.2, -0.15) is 0 Å². The minimum atomic E-state index is 0.709. The summed E-state index contributed by atoms with van der Waals surface area (Å²) in [5.74, 6) is 0. The zero-order valence-electron chi connectivity index (χ0n) is 10.7. The Labute approximate surface area is 111 Å². The van der Waals surface area contributed by atoms with Crippen LogP contribution in [0.15, 0.2) is 36.9 Å². The van der Waals surface area contributed by atoms with Crippen LogP contribution in [0, 0.1) is 6.92 Å². The Hall–Kier alpha value is -2.27. The molecule has 5 nitrogen and oxygen atoms in total. The SMILES string of the molecule is Cc1cnc(CNCc2c[nH]c3ncccc23)cn1. The molecule has 0 aliphatic carbocycles. The first kappa shape index (κ1) is 11.8. The maximum Gasteiger partial charge on any atom is 0.137 e. The fraction of sp³-hybridized carbons (Fsp3) is 0.214. The zero-order valence-corrected chi connectivity index (χ0v) is 10.7. The van der Waals surface area contributed by atoms with Crippen molar-refractivity contribution in [3.63, 3.8) is 0 Å². The van der Waals surface area contributed by atoms with Gasteiger partial charge in [0.25, 0.3) is 0 Å². The third-order valence-electron chi connectivity index (χ3n) is 2.99. The fourth-order valence-electron chi connectivity index (χ4n) is 1.99. The van der Waals surface area contributed by atoms with E-state index >= 15 is 0 Å². The van der Waals surface area contributed by atoms with Crippen LogP contribution in [0.25, 0.3) is 11.0 Å². The van der Waals surface area contributed by atoms with Crippen molar-refractivity contribution < 1.29 is 0 Å². The highest BCUT2D eigenvalue weighted by atomic mass is 14.9. The van der Waals surface area contributed by atoms with Crippen molar-refractivity contribution in [3.05, 3.63) is 53.9 Å². The molecule has 5 heteroatoms. The molecule has 0 aliphatic rings. The van der Waals surface area contributed by atoms with E-state index in [1.807, 2.05) is 19.2 Å². The monoisotopic (exact) mass is 253 g/mol. The van der Waals surface area contributed by atoms with E-state index in [4.69, 9.17) is 0 Å². The second-order valence-electron chi connectivity index (χ2n) is 4.47. The first-order valence-corrected chi connectivity index (χ1v) is 6.22. The quantitative estimate of drug-likeness (QED) is 0.746. The van der Waals surface area contributed by atoms with Crippen molar-refractivity contribution in [2.45, 2.75) is 20.0 Å². The van der Waals surface area contributed by atoms with Gasteiger partial charge in [-0.15, -0.1) is 0 Å². The van der Waals surface area contributed by atoms with Gasteiger partial charge >= 0.3 is 0 Å². The summed E-state index contributed by atoms with van der Waals surface area (Å²) in [5, 5.41) is 4.52. The van der Waals surface area contributed by atoms with E-state index in [-0.39, 0.29) is 0 Å². The third kappa shape index (κ3) is 2.61. The highest BCUT2D eigenvalue weighted by molar-refractivity contribution is 5.79. The maximum atomic E-state index is 4.31. The second-order valence-corrected chi connectivity index (χ2v) is 4.47. The molecule has 0 aliphatic heterocycles. The van der Waals surface area contributed by atoms with Crippen molar-refractivity contribution >= 4 is 11.0 Å². The average molecular weight is 253 g/mol. The molecule has 19 heavy (non-hydrogen) atoms. The van der Waals surface area contributed by atoms with Crippen molar-refractivity contribution in [2.75, 3.05) is 0 Å². The summed E-state index contributed by atoms with van der Waals surface area (Å²) >= 11 is 0. The molecule has 0 fully saturated rings. The molecule has 3 rings (SSSR count). The van der Waals surface area contributed by atoms with Gasteiger partial charge in [0.1, 0.15) is 5.65 Å². The smallest absolute Gasteiger partial charge is 0.137 e. The number of hydrogen-bond acceptors (Lipinski definition) is 4. The summed E-state index contributed by atoms with van der Waals surface area (Å²) in [4.78, 5) is 16.0. The molecule has 0 aromatic carbocycles. The van der Waals surface area contributed by atoms with E-state index < -0.39 is 0 Å². The molecular formula is C14H15N5. The molecule has 3 aromatic heterocycles. The van der Waals surface area contributed by atoms with E-state index in [0.29, 0.717) is 6.54 Å². The van der Waals surface area contributed by atoms with Gasteiger partial charge in [0.05, 0.1) is 11.4 Å². The lowest BCUT2D eigenvalue weighted by Crippen LogP contribution is -2.13. The van der Waals surface area contributed by atoms with Gasteiger partial charge in [-0.25, -0.2) is 4.98 Å². The zero-order chi connectivity index (χ0) is 13.1. The predicted octanol–water partition coefficient (Wildman–Crippen LogP) is 1.95. The Morgan fingerprint density at radius 2 is 2.11 bits per heavy atom. The summed E-state index contributed by atoms with van der Waals surface area (Å²) < 4.78 is 0. The van der Waals surface area contributed by atoms with Gasteiger partial charge in [-0.3, -0.25) is 9.97 Å². The fourth-order valence-corrected chi connectivity index (χ4v) is 1.99. The summed E-state index contributed by atoms with van der Waals surface area (Å²) in [6.45, 7) is 3.42. The van der Waals surface area contributed by atoms with Crippen LogP contribution in [0.3, 0.4) is 0 Å². The molecule has 0 bridgehead atoms. The Balaban J connectivity index is 1.65. The molecule has 96 valence electrons. The van der Waals surface area contributed by atoms with E-state index in [0.717, 1.165) is 29.0 Å². The van der Waals surface area contributed by atoms with Crippen molar-refractivity contribution in [2.24, 2.45) is 0 Å². The third-order valence-corrected chi connectivity index (χ3v) is 2.99. The lowest BCUT2D eigenvalue weighted by Gasteiger charge is -2.03. The van der Waals surface area contributed by atoms with Crippen molar-refractivity contribution in [3.8, 4) is 0 Å². The normalized spacial score (nSPS) is 11.0. The minimum absolute atomic E-state index is 0.709. The highest BCUT2D eigenvalue weighted by Crippen LogP contribution is 2.15. The van der Waals surface area contributed by atoms with Crippen LogP contribution in [0.4, 0.5) is 0 Å². The van der Waals surface area contributed by atoms with Gasteiger partial charge in [-0.1, -0.05) is 0 Å². The lowest BCUT2D eigenvalue weighted by atomic mass is 10.2. The number of rotatable bonds is 4. The van der Waals surface area contributed by atoms with Crippen LogP contribution >= 0.6 is 0 Å². The number of fused-ring (bicyclic) bond motifs is 1. The van der Waals surface area contributed by atoms with Crippen LogP contribution < -0.4 is 5.32 Å². The van der Waals surface area contributed by atoms with Crippen LogP contribution in [-0.4, -0.2) is 19.9 Å². The van der Waals surface area contributed by atoms with Crippen LogP contribution in [0.1, 0.15) is 17.0 Å². The highest BCUT2D eigenvalue weighted by Gasteiger charge is 2.03. The van der Waals surface area contributed by atoms with E-state index in [1.165, 1.54) is 5.56 Å². The summed E-state index contributed by atoms with van der Waals surface area (Å²) in [7, 11) is 0. The molecule has 3 aromatic rings. The molecule has 0 spiro atoms. The van der Waals surface area contributed by atoms with Crippen LogP contribution in [0.2, 0.25) is 0 Å². The summed E-state index contributed by atoms with van der Waals surface area (Å²) in [6.07, 6.45) is 7.37. The molecule has 0 amide bonds. The van der Waals surface area contributed by atoms with E-state index in [1.54, 1.807) is 18.6 Å². The topological polar surface area (TPSA) is 66.5 Å². The van der Waals surface area contributed by atoms with Gasteiger partial charge < -0.3 is 10.3 Å². The molecule has 0 radical (unpaired) electrons. The molecule has 0 saturated carbocycles.